The van der Waals surface area contributed by atoms with Gasteiger partial charge in [0.25, 0.3) is 0 Å². The molecule has 3 heterocycles. The van der Waals surface area contributed by atoms with Crippen molar-refractivity contribution in [1.29, 1.82) is 0 Å². The topological polar surface area (TPSA) is 69.2 Å². The molecule has 3 rings (SSSR count). The predicted molar refractivity (Wildman–Crippen MR) is 62.1 cm³/mol. The molecule has 1 amide bonds. The third-order valence-electron chi connectivity index (χ3n) is 3.02. The molecular formula is C12H13N3O2. The number of hydrogen-bond donors (Lipinski definition) is 2. The molecule has 88 valence electrons. The molecule has 1 aliphatic heterocycles. The van der Waals surface area contributed by atoms with Crippen LogP contribution in [-0.2, 0) is 11.3 Å². The molecule has 1 fully saturated rings. The van der Waals surface area contributed by atoms with E-state index < -0.39 is 6.10 Å². The van der Waals surface area contributed by atoms with E-state index in [1.165, 1.54) is 0 Å². The summed E-state index contributed by atoms with van der Waals surface area (Å²) in [5, 5.41) is 10.4. The van der Waals surface area contributed by atoms with Crippen molar-refractivity contribution in [3.8, 4) is 0 Å². The number of aromatic amines is 1. The number of nitrogens with zero attached hydrogens (tertiary/aromatic N) is 2. The van der Waals surface area contributed by atoms with E-state index in [9.17, 15) is 9.90 Å². The summed E-state index contributed by atoms with van der Waals surface area (Å²) in [4.78, 5) is 20.5. The molecule has 1 atom stereocenters. The molecule has 5 nitrogen and oxygen atoms in total. The maximum absolute atomic E-state index is 11.5. The highest BCUT2D eigenvalue weighted by molar-refractivity contribution is 5.79. The number of nitrogens with one attached hydrogen (secondary N) is 1. The molecular weight excluding hydrogens is 218 g/mol. The smallest absolute Gasteiger partial charge is 0.225 e. The van der Waals surface area contributed by atoms with Gasteiger partial charge in [0.1, 0.15) is 5.65 Å². The van der Waals surface area contributed by atoms with E-state index >= 15 is 0 Å². The molecule has 0 radical (unpaired) electrons. The Kier molecular flexibility index (Phi) is 2.33. The normalized spacial score (nSPS) is 20.4. The van der Waals surface area contributed by atoms with E-state index in [0.29, 0.717) is 13.1 Å². The second kappa shape index (κ2) is 3.85. The van der Waals surface area contributed by atoms with Crippen LogP contribution in [0.25, 0.3) is 11.0 Å². The molecule has 0 aliphatic carbocycles. The van der Waals surface area contributed by atoms with Crippen LogP contribution < -0.4 is 0 Å². The van der Waals surface area contributed by atoms with Gasteiger partial charge in [-0.1, -0.05) is 0 Å². The first-order valence-corrected chi connectivity index (χ1v) is 5.60. The Hall–Kier alpha value is -1.88. The second-order valence-corrected chi connectivity index (χ2v) is 4.39. The van der Waals surface area contributed by atoms with Gasteiger partial charge in [0, 0.05) is 30.9 Å². The SMILES string of the molecule is O=C1CC(O)CN1Cc1cnc2[nH]ccc2c1. The number of aliphatic hydroxyl groups excluding tert-OH is 1. The highest BCUT2D eigenvalue weighted by Gasteiger charge is 2.27. The fourth-order valence-electron chi connectivity index (χ4n) is 2.20. The van der Waals surface area contributed by atoms with Crippen LogP contribution in [0.1, 0.15) is 12.0 Å². The fourth-order valence-corrected chi connectivity index (χ4v) is 2.20. The molecule has 2 aromatic rings. The summed E-state index contributed by atoms with van der Waals surface area (Å²) in [6, 6.07) is 3.96. The van der Waals surface area contributed by atoms with Gasteiger partial charge in [-0.2, -0.15) is 0 Å². The van der Waals surface area contributed by atoms with Crippen LogP contribution in [-0.4, -0.2) is 38.5 Å². The maximum atomic E-state index is 11.5. The van der Waals surface area contributed by atoms with Crippen molar-refractivity contribution in [3.05, 3.63) is 30.1 Å². The number of H-pyrrole nitrogens is 1. The summed E-state index contributed by atoms with van der Waals surface area (Å²) >= 11 is 0. The van der Waals surface area contributed by atoms with Crippen LogP contribution in [0.4, 0.5) is 0 Å². The number of carbonyl (C=O) groups is 1. The fraction of sp³-hybridized carbons (Fsp3) is 0.333. The van der Waals surface area contributed by atoms with Crippen molar-refractivity contribution in [2.45, 2.75) is 19.1 Å². The van der Waals surface area contributed by atoms with Gasteiger partial charge in [-0.3, -0.25) is 4.79 Å². The van der Waals surface area contributed by atoms with E-state index in [2.05, 4.69) is 9.97 Å². The minimum absolute atomic E-state index is 0.00617. The Morgan fingerprint density at radius 1 is 1.59 bits per heavy atom. The zero-order chi connectivity index (χ0) is 11.8. The van der Waals surface area contributed by atoms with Gasteiger partial charge in [-0.25, -0.2) is 4.98 Å². The van der Waals surface area contributed by atoms with Crippen molar-refractivity contribution >= 4 is 16.9 Å². The number of likely N-dealkylation sites (tertiary alicyclic amines) is 1. The lowest BCUT2D eigenvalue weighted by Crippen LogP contribution is -2.25. The van der Waals surface area contributed by atoms with Crippen LogP contribution in [0.5, 0.6) is 0 Å². The number of carbonyl (C=O) groups excluding carboxylic acids is 1. The number of pyridine rings is 1. The first kappa shape index (κ1) is 10.3. The number of aliphatic hydroxyl groups is 1. The van der Waals surface area contributed by atoms with Crippen LogP contribution in [0.15, 0.2) is 24.5 Å². The third kappa shape index (κ3) is 1.89. The molecule has 5 heteroatoms. The van der Waals surface area contributed by atoms with Gasteiger partial charge in [0.15, 0.2) is 0 Å². The van der Waals surface area contributed by atoms with Crippen LogP contribution in [0.2, 0.25) is 0 Å². The second-order valence-electron chi connectivity index (χ2n) is 4.39. The van der Waals surface area contributed by atoms with Gasteiger partial charge < -0.3 is 15.0 Å². The average molecular weight is 231 g/mol. The molecule has 0 bridgehead atoms. The van der Waals surface area contributed by atoms with Gasteiger partial charge in [-0.05, 0) is 17.7 Å². The molecule has 1 aliphatic rings. The van der Waals surface area contributed by atoms with Gasteiger partial charge in [-0.15, -0.1) is 0 Å². The highest BCUT2D eigenvalue weighted by atomic mass is 16.3. The Morgan fingerprint density at radius 3 is 3.24 bits per heavy atom. The van der Waals surface area contributed by atoms with Gasteiger partial charge >= 0.3 is 0 Å². The Balaban J connectivity index is 1.82. The number of aromatic nitrogens is 2. The van der Waals surface area contributed by atoms with Gasteiger partial charge in [0.2, 0.25) is 5.91 Å². The number of fused-ring (bicyclic) bond motifs is 1. The number of rotatable bonds is 2. The molecule has 2 N–H and O–H groups in total. The Morgan fingerprint density at radius 2 is 2.47 bits per heavy atom. The summed E-state index contributed by atoms with van der Waals surface area (Å²) in [5.41, 5.74) is 1.83. The molecule has 1 saturated heterocycles. The van der Waals surface area contributed by atoms with E-state index in [0.717, 1.165) is 16.6 Å². The summed E-state index contributed by atoms with van der Waals surface area (Å²) in [6.45, 7) is 0.939. The molecule has 17 heavy (non-hydrogen) atoms. The molecule has 2 aromatic heterocycles. The predicted octanol–water partition coefficient (Wildman–Crippen LogP) is 0.656. The highest BCUT2D eigenvalue weighted by Crippen LogP contribution is 2.17. The summed E-state index contributed by atoms with van der Waals surface area (Å²) in [6.07, 6.45) is 3.31. The van der Waals surface area contributed by atoms with Crippen molar-refractivity contribution in [1.82, 2.24) is 14.9 Å². The maximum Gasteiger partial charge on any atom is 0.225 e. The zero-order valence-corrected chi connectivity index (χ0v) is 9.26. The standard InChI is InChI=1S/C12H13N3O2/c16-10-4-11(17)15(7-10)6-8-3-9-1-2-13-12(9)14-5-8/h1-3,5,10,16H,4,6-7H2,(H,13,14). The van der Waals surface area contributed by atoms with Crippen molar-refractivity contribution in [2.24, 2.45) is 0 Å². The van der Waals surface area contributed by atoms with Crippen molar-refractivity contribution in [3.63, 3.8) is 0 Å². The largest absolute Gasteiger partial charge is 0.391 e. The summed E-state index contributed by atoms with van der Waals surface area (Å²) in [5.74, 6) is 0.00617. The van der Waals surface area contributed by atoms with E-state index in [1.807, 2.05) is 18.3 Å². The first-order chi connectivity index (χ1) is 8.22. The first-order valence-electron chi connectivity index (χ1n) is 5.60. The molecule has 0 aromatic carbocycles. The van der Waals surface area contributed by atoms with Crippen LogP contribution >= 0.6 is 0 Å². The van der Waals surface area contributed by atoms with E-state index in [4.69, 9.17) is 0 Å². The minimum atomic E-state index is -0.522. The van der Waals surface area contributed by atoms with Crippen LogP contribution in [0, 0.1) is 0 Å². The number of amides is 1. The quantitative estimate of drug-likeness (QED) is 0.797. The Labute approximate surface area is 98.1 Å². The summed E-state index contributed by atoms with van der Waals surface area (Å²) < 4.78 is 0. The zero-order valence-electron chi connectivity index (χ0n) is 9.26. The third-order valence-corrected chi connectivity index (χ3v) is 3.02. The Bertz CT molecular complexity index is 564. The van der Waals surface area contributed by atoms with Gasteiger partial charge in [0.05, 0.1) is 12.5 Å². The number of β-amino-alcohol motifs (C(OH)–C–C–N with tert-alkyl or cyclic N) is 1. The average Bonchev–Trinajstić information content (AvgIpc) is 2.85. The molecule has 0 spiro atoms. The van der Waals surface area contributed by atoms with Crippen LogP contribution in [0.3, 0.4) is 0 Å². The lowest BCUT2D eigenvalue weighted by atomic mass is 10.2. The summed E-state index contributed by atoms with van der Waals surface area (Å²) in [7, 11) is 0. The van der Waals surface area contributed by atoms with Crippen molar-refractivity contribution in [2.75, 3.05) is 6.54 Å². The lowest BCUT2D eigenvalue weighted by Gasteiger charge is -2.15. The minimum Gasteiger partial charge on any atom is -0.391 e. The van der Waals surface area contributed by atoms with E-state index in [-0.39, 0.29) is 12.3 Å². The lowest BCUT2D eigenvalue weighted by molar-refractivity contribution is -0.128. The van der Waals surface area contributed by atoms with Crippen molar-refractivity contribution < 1.29 is 9.90 Å². The van der Waals surface area contributed by atoms with E-state index in [1.54, 1.807) is 11.1 Å². The monoisotopic (exact) mass is 231 g/mol. The number of hydrogen-bond acceptors (Lipinski definition) is 3. The molecule has 0 saturated carbocycles. The molecule has 1 unspecified atom stereocenters.